The normalized spacial score (nSPS) is 14.1. The van der Waals surface area contributed by atoms with Crippen molar-refractivity contribution in [2.24, 2.45) is 0 Å². The molecule has 0 heterocycles. The van der Waals surface area contributed by atoms with Crippen LogP contribution < -0.4 is 0 Å². The first-order chi connectivity index (χ1) is 9.66. The topological polar surface area (TPSA) is 43.4 Å². The summed E-state index contributed by atoms with van der Waals surface area (Å²) in [7, 11) is -5.35. The van der Waals surface area contributed by atoms with Crippen LogP contribution in [0, 0.1) is 6.92 Å². The molecule has 1 aromatic carbocycles. The zero-order chi connectivity index (χ0) is 16.1. The third kappa shape index (κ3) is 5.92. The van der Waals surface area contributed by atoms with E-state index in [0.29, 0.717) is 0 Å². The van der Waals surface area contributed by atoms with Gasteiger partial charge in [-0.3, -0.25) is 4.18 Å². The van der Waals surface area contributed by atoms with Gasteiger partial charge in [0, 0.05) is 0 Å². The molecule has 0 aliphatic carbocycles. The monoisotopic (exact) mass is 328 g/mol. The first-order valence-corrected chi connectivity index (χ1v) is 12.7. The molecule has 3 nitrogen and oxygen atoms in total. The fraction of sp³-hybridized carbons (Fsp3) is 0.625. The fourth-order valence-electron chi connectivity index (χ4n) is 2.12. The second-order valence-corrected chi connectivity index (χ2v) is 13.7. The maximum Gasteiger partial charge on any atom is 0.296 e. The van der Waals surface area contributed by atoms with E-state index in [4.69, 9.17) is 4.18 Å². The number of hydrogen-bond acceptors (Lipinski definition) is 3. The molecule has 120 valence electrons. The minimum atomic E-state index is -3.66. The molecule has 0 aliphatic rings. The van der Waals surface area contributed by atoms with Gasteiger partial charge < -0.3 is 0 Å². The van der Waals surface area contributed by atoms with Gasteiger partial charge in [0.2, 0.25) is 0 Å². The predicted molar refractivity (Wildman–Crippen MR) is 90.7 cm³/mol. The molecule has 0 spiro atoms. The van der Waals surface area contributed by atoms with Crippen LogP contribution in [0.2, 0.25) is 19.6 Å². The number of unbranched alkanes of at least 4 members (excludes halogenated alkanes) is 2. The smallest absolute Gasteiger partial charge is 0.267 e. The molecule has 0 fully saturated rings. The Morgan fingerprint density at radius 3 is 2.14 bits per heavy atom. The first kappa shape index (κ1) is 18.4. The summed E-state index contributed by atoms with van der Waals surface area (Å²) in [5, 5.41) is 0. The summed E-state index contributed by atoms with van der Waals surface area (Å²) in [6.45, 7) is 10.6. The highest BCUT2D eigenvalue weighted by Crippen LogP contribution is 2.24. The zero-order valence-electron chi connectivity index (χ0n) is 13.8. The van der Waals surface area contributed by atoms with Crippen LogP contribution in [-0.2, 0) is 14.3 Å². The third-order valence-corrected chi connectivity index (χ3v) is 7.43. The number of rotatable bonds is 8. The number of aryl methyl sites for hydroxylation is 1. The van der Waals surface area contributed by atoms with Crippen molar-refractivity contribution < 1.29 is 12.6 Å². The number of benzene rings is 1. The molecular formula is C16H28O3SSi. The van der Waals surface area contributed by atoms with Crippen molar-refractivity contribution in [3.63, 3.8) is 0 Å². The highest BCUT2D eigenvalue weighted by Gasteiger charge is 2.32. The van der Waals surface area contributed by atoms with Crippen LogP contribution in [0.15, 0.2) is 29.2 Å². The molecule has 0 aromatic heterocycles. The highest BCUT2D eigenvalue weighted by molar-refractivity contribution is 7.86. The van der Waals surface area contributed by atoms with Gasteiger partial charge in [0.05, 0.1) is 18.7 Å². The van der Waals surface area contributed by atoms with Crippen molar-refractivity contribution in [1.29, 1.82) is 0 Å². The first-order valence-electron chi connectivity index (χ1n) is 7.67. The lowest BCUT2D eigenvalue weighted by Gasteiger charge is -2.28. The van der Waals surface area contributed by atoms with Gasteiger partial charge >= 0.3 is 0 Å². The Bertz CT molecular complexity index is 530. The average Bonchev–Trinajstić information content (AvgIpc) is 2.37. The Labute approximate surface area is 130 Å². The van der Waals surface area contributed by atoms with E-state index in [1.807, 2.05) is 6.92 Å². The van der Waals surface area contributed by atoms with E-state index in [-0.39, 0.29) is 10.6 Å². The zero-order valence-corrected chi connectivity index (χ0v) is 15.7. The fourth-order valence-corrected chi connectivity index (χ4v) is 5.71. The average molecular weight is 329 g/mol. The lowest BCUT2D eigenvalue weighted by Crippen LogP contribution is -2.41. The Kier molecular flexibility index (Phi) is 6.62. The number of hydrogen-bond donors (Lipinski definition) is 0. The van der Waals surface area contributed by atoms with Crippen LogP contribution in [-0.4, -0.2) is 22.2 Å². The van der Waals surface area contributed by atoms with E-state index in [9.17, 15) is 8.42 Å². The Morgan fingerprint density at radius 1 is 1.10 bits per heavy atom. The van der Waals surface area contributed by atoms with Gasteiger partial charge in [-0.05, 0) is 25.5 Å². The van der Waals surface area contributed by atoms with E-state index in [2.05, 4.69) is 26.6 Å². The van der Waals surface area contributed by atoms with Gasteiger partial charge in [-0.15, -0.1) is 0 Å². The van der Waals surface area contributed by atoms with E-state index in [1.54, 1.807) is 24.3 Å². The van der Waals surface area contributed by atoms with Gasteiger partial charge in [-0.25, -0.2) is 0 Å². The van der Waals surface area contributed by atoms with Gasteiger partial charge in [0.25, 0.3) is 10.1 Å². The maximum absolute atomic E-state index is 12.4. The molecule has 1 rings (SSSR count). The van der Waals surface area contributed by atoms with Crippen LogP contribution in [0.25, 0.3) is 0 Å². The van der Waals surface area contributed by atoms with E-state index < -0.39 is 18.2 Å². The molecule has 0 saturated carbocycles. The SMILES string of the molecule is CCCCCC(OS(=O)(=O)c1ccc(C)cc1)[Si](C)(C)C. The minimum absolute atomic E-state index is 0.157. The van der Waals surface area contributed by atoms with Gasteiger partial charge in [-0.1, -0.05) is 63.5 Å². The van der Waals surface area contributed by atoms with Crippen molar-refractivity contribution in [2.75, 3.05) is 0 Å². The minimum Gasteiger partial charge on any atom is -0.267 e. The lowest BCUT2D eigenvalue weighted by molar-refractivity contribution is 0.258. The molecule has 0 bridgehead atoms. The van der Waals surface area contributed by atoms with Gasteiger partial charge in [0.15, 0.2) is 0 Å². The molecule has 0 amide bonds. The van der Waals surface area contributed by atoms with Crippen molar-refractivity contribution in [1.82, 2.24) is 0 Å². The molecular weight excluding hydrogens is 300 g/mol. The van der Waals surface area contributed by atoms with Crippen LogP contribution in [0.5, 0.6) is 0 Å². The molecule has 0 N–H and O–H groups in total. The second-order valence-electron chi connectivity index (χ2n) is 6.71. The van der Waals surface area contributed by atoms with E-state index >= 15 is 0 Å². The van der Waals surface area contributed by atoms with Gasteiger partial charge in [0.1, 0.15) is 0 Å². The van der Waals surface area contributed by atoms with Gasteiger partial charge in [-0.2, -0.15) is 8.42 Å². The molecule has 1 aromatic rings. The van der Waals surface area contributed by atoms with Crippen molar-refractivity contribution in [3.05, 3.63) is 29.8 Å². The second kappa shape index (κ2) is 7.56. The van der Waals surface area contributed by atoms with Crippen molar-refractivity contribution in [3.8, 4) is 0 Å². The maximum atomic E-state index is 12.4. The molecule has 1 unspecified atom stereocenters. The van der Waals surface area contributed by atoms with E-state index in [1.165, 1.54) is 0 Å². The molecule has 5 heteroatoms. The predicted octanol–water partition coefficient (Wildman–Crippen LogP) is 4.53. The summed E-state index contributed by atoms with van der Waals surface area (Å²) in [5.41, 5.74) is 0.883. The molecule has 0 aliphatic heterocycles. The van der Waals surface area contributed by atoms with Crippen LogP contribution in [0.1, 0.15) is 38.2 Å². The molecule has 21 heavy (non-hydrogen) atoms. The standard InChI is InChI=1S/C16H28O3SSi/c1-6-7-8-9-16(21(3,4)5)19-20(17,18)15-12-10-14(2)11-13-15/h10-13,16H,6-9H2,1-5H3. The molecule has 1 atom stereocenters. The highest BCUT2D eigenvalue weighted by atomic mass is 32.2. The van der Waals surface area contributed by atoms with Crippen molar-refractivity contribution >= 4 is 18.2 Å². The summed E-state index contributed by atoms with van der Waals surface area (Å²) in [6, 6.07) is 6.85. The Balaban J connectivity index is 2.88. The summed E-state index contributed by atoms with van der Waals surface area (Å²) < 4.78 is 30.5. The Morgan fingerprint density at radius 2 is 1.67 bits per heavy atom. The quantitative estimate of drug-likeness (QED) is 0.400. The third-order valence-electron chi connectivity index (χ3n) is 3.59. The summed E-state index contributed by atoms with van der Waals surface area (Å²) in [5.74, 6) is 0. The summed E-state index contributed by atoms with van der Waals surface area (Å²) in [6.07, 6.45) is 4.10. The van der Waals surface area contributed by atoms with Crippen LogP contribution in [0.3, 0.4) is 0 Å². The van der Waals surface area contributed by atoms with E-state index in [0.717, 1.165) is 31.2 Å². The molecule has 0 saturated heterocycles. The lowest BCUT2D eigenvalue weighted by atomic mass is 10.2. The van der Waals surface area contributed by atoms with Crippen LogP contribution >= 0.6 is 0 Å². The summed E-state index contributed by atoms with van der Waals surface area (Å²) >= 11 is 0. The summed E-state index contributed by atoms with van der Waals surface area (Å²) in [4.78, 5) is 0.256. The molecule has 0 radical (unpaired) electrons. The Hall–Kier alpha value is -0.653. The largest absolute Gasteiger partial charge is 0.296 e. The van der Waals surface area contributed by atoms with Crippen molar-refractivity contribution in [2.45, 2.75) is 69.8 Å². The van der Waals surface area contributed by atoms with Crippen LogP contribution in [0.4, 0.5) is 0 Å².